The van der Waals surface area contributed by atoms with E-state index in [9.17, 15) is 4.79 Å². The molecule has 4 nitrogen and oxygen atoms in total. The monoisotopic (exact) mass is 267 g/mol. The van der Waals surface area contributed by atoms with Crippen LogP contribution in [0.4, 0.5) is 0 Å². The van der Waals surface area contributed by atoms with E-state index < -0.39 is 5.91 Å². The summed E-state index contributed by atoms with van der Waals surface area (Å²) in [6.45, 7) is 0. The highest BCUT2D eigenvalue weighted by Gasteiger charge is 2.11. The van der Waals surface area contributed by atoms with Crippen molar-refractivity contribution in [3.05, 3.63) is 33.8 Å². The van der Waals surface area contributed by atoms with Crippen molar-refractivity contribution in [1.29, 1.82) is 0 Å². The lowest BCUT2D eigenvalue weighted by Crippen LogP contribution is -2.24. The van der Waals surface area contributed by atoms with Crippen molar-refractivity contribution in [3.8, 4) is 0 Å². The van der Waals surface area contributed by atoms with Crippen molar-refractivity contribution in [2.24, 2.45) is 16.5 Å². The maximum Gasteiger partial charge on any atom is 0.281 e. The Bertz CT molecular complexity index is 402. The molecule has 15 heavy (non-hydrogen) atoms. The molecule has 1 aromatic carbocycles. The van der Waals surface area contributed by atoms with Gasteiger partial charge in [-0.3, -0.25) is 4.79 Å². The van der Waals surface area contributed by atoms with Crippen molar-refractivity contribution < 1.29 is 4.79 Å². The predicted octanol–water partition coefficient (Wildman–Crippen LogP) is 1.83. The first-order chi connectivity index (χ1) is 6.52. The van der Waals surface area contributed by atoms with Gasteiger partial charge in [-0.1, -0.05) is 29.3 Å². The van der Waals surface area contributed by atoms with Crippen LogP contribution in [0.3, 0.4) is 0 Å². The molecule has 0 atom stereocenters. The van der Waals surface area contributed by atoms with Gasteiger partial charge in [0.05, 0.1) is 15.6 Å². The molecule has 0 aromatic heterocycles. The van der Waals surface area contributed by atoms with Crippen LogP contribution in [0.25, 0.3) is 0 Å². The highest BCUT2D eigenvalue weighted by molar-refractivity contribution is 6.43. The molecule has 82 valence electrons. The van der Waals surface area contributed by atoms with Gasteiger partial charge in [0.1, 0.15) is 0 Å². The van der Waals surface area contributed by atoms with Crippen molar-refractivity contribution in [1.82, 2.24) is 0 Å². The molecule has 0 aliphatic rings. The molecule has 4 N–H and O–H groups in total. The number of rotatable bonds is 1. The maximum absolute atomic E-state index is 11.3. The van der Waals surface area contributed by atoms with Crippen LogP contribution < -0.4 is 11.5 Å². The summed E-state index contributed by atoms with van der Waals surface area (Å²) in [6, 6.07) is 4.64. The molecule has 1 aromatic rings. The third-order valence-corrected chi connectivity index (χ3v) is 2.23. The van der Waals surface area contributed by atoms with Crippen LogP contribution in [0, 0.1) is 0 Å². The molecule has 0 radical (unpaired) electrons. The second-order valence-corrected chi connectivity index (χ2v) is 3.23. The number of hydrogen-bond acceptors (Lipinski definition) is 1. The van der Waals surface area contributed by atoms with Gasteiger partial charge >= 0.3 is 0 Å². The fourth-order valence-electron chi connectivity index (χ4n) is 0.846. The molecule has 0 heterocycles. The van der Waals surface area contributed by atoms with Gasteiger partial charge in [-0.15, -0.1) is 12.4 Å². The third-order valence-electron chi connectivity index (χ3n) is 1.41. The van der Waals surface area contributed by atoms with E-state index in [0.717, 1.165) is 0 Å². The van der Waals surface area contributed by atoms with Crippen molar-refractivity contribution in [2.75, 3.05) is 0 Å². The maximum atomic E-state index is 11.3. The number of nitrogens with zero attached hydrogens (tertiary/aromatic N) is 1. The van der Waals surface area contributed by atoms with Crippen LogP contribution in [0.2, 0.25) is 10.0 Å². The molecule has 1 amide bonds. The smallest absolute Gasteiger partial charge is 0.281 e. The SMILES string of the molecule is Cl.NC(N)=NC(=O)c1cccc(Cl)c1Cl. The molecule has 0 saturated carbocycles. The number of benzene rings is 1. The van der Waals surface area contributed by atoms with E-state index in [1.54, 1.807) is 12.1 Å². The Morgan fingerprint density at radius 2 is 1.87 bits per heavy atom. The quantitative estimate of drug-likeness (QED) is 0.602. The second-order valence-electron chi connectivity index (χ2n) is 2.44. The van der Waals surface area contributed by atoms with Crippen LogP contribution in [-0.4, -0.2) is 11.9 Å². The summed E-state index contributed by atoms with van der Waals surface area (Å²) in [5, 5.41) is 0.424. The van der Waals surface area contributed by atoms with E-state index in [1.165, 1.54) is 6.07 Å². The molecular formula is C8H8Cl3N3O. The van der Waals surface area contributed by atoms with Crippen LogP contribution >= 0.6 is 35.6 Å². The van der Waals surface area contributed by atoms with Gasteiger partial charge in [-0.05, 0) is 12.1 Å². The number of carbonyl (C=O) groups excluding carboxylic acids is 1. The lowest BCUT2D eigenvalue weighted by molar-refractivity contribution is 0.100. The first-order valence-electron chi connectivity index (χ1n) is 3.60. The van der Waals surface area contributed by atoms with Crippen molar-refractivity contribution in [2.45, 2.75) is 0 Å². The highest BCUT2D eigenvalue weighted by atomic mass is 35.5. The average molecular weight is 269 g/mol. The zero-order valence-electron chi connectivity index (χ0n) is 7.41. The van der Waals surface area contributed by atoms with E-state index >= 15 is 0 Å². The molecule has 0 spiro atoms. The topological polar surface area (TPSA) is 81.5 Å². The fourth-order valence-corrected chi connectivity index (χ4v) is 1.23. The molecule has 1 rings (SSSR count). The fraction of sp³-hybridized carbons (Fsp3) is 0. The van der Waals surface area contributed by atoms with Crippen LogP contribution in [0.5, 0.6) is 0 Å². The summed E-state index contributed by atoms with van der Waals surface area (Å²) in [5.41, 5.74) is 10.3. The summed E-state index contributed by atoms with van der Waals surface area (Å²) in [4.78, 5) is 14.7. The molecule has 0 aliphatic heterocycles. The molecule has 0 bridgehead atoms. The summed E-state index contributed by atoms with van der Waals surface area (Å²) in [6.07, 6.45) is 0. The number of halogens is 3. The Morgan fingerprint density at radius 3 is 2.40 bits per heavy atom. The molecule has 0 fully saturated rings. The van der Waals surface area contributed by atoms with Gasteiger partial charge in [0.15, 0.2) is 5.96 Å². The molecule has 0 unspecified atom stereocenters. The Hall–Kier alpha value is -0.970. The van der Waals surface area contributed by atoms with Gasteiger partial charge < -0.3 is 11.5 Å². The average Bonchev–Trinajstić information content (AvgIpc) is 2.08. The van der Waals surface area contributed by atoms with Crippen molar-refractivity contribution >= 4 is 47.5 Å². The number of aliphatic imine (C=N–C) groups is 1. The Balaban J connectivity index is 0.00000196. The molecule has 7 heteroatoms. The van der Waals surface area contributed by atoms with E-state index in [-0.39, 0.29) is 34.0 Å². The van der Waals surface area contributed by atoms with E-state index in [0.29, 0.717) is 0 Å². The van der Waals surface area contributed by atoms with Gasteiger partial charge in [0.2, 0.25) is 0 Å². The second kappa shape index (κ2) is 5.80. The molecular weight excluding hydrogens is 260 g/mol. The number of carbonyl (C=O) groups is 1. The summed E-state index contributed by atoms with van der Waals surface area (Å²) in [7, 11) is 0. The summed E-state index contributed by atoms with van der Waals surface area (Å²) >= 11 is 11.5. The van der Waals surface area contributed by atoms with Gasteiger partial charge in [0.25, 0.3) is 5.91 Å². The standard InChI is InChI=1S/C8H7Cl2N3O.ClH/c9-5-3-1-2-4(6(5)10)7(14)13-8(11)12;/h1-3H,(H4,11,12,13,14);1H. The number of guanidine groups is 1. The largest absolute Gasteiger partial charge is 0.370 e. The van der Waals surface area contributed by atoms with Gasteiger partial charge in [-0.25, -0.2) is 0 Å². The highest BCUT2D eigenvalue weighted by Crippen LogP contribution is 2.25. The lowest BCUT2D eigenvalue weighted by Gasteiger charge is -2.00. The Labute approximate surface area is 103 Å². The van der Waals surface area contributed by atoms with Crippen LogP contribution in [0.15, 0.2) is 23.2 Å². The normalized spacial score (nSPS) is 8.93. The first-order valence-corrected chi connectivity index (χ1v) is 4.36. The predicted molar refractivity (Wildman–Crippen MR) is 63.9 cm³/mol. The minimum absolute atomic E-state index is 0. The summed E-state index contributed by atoms with van der Waals surface area (Å²) in [5.74, 6) is -0.927. The van der Waals surface area contributed by atoms with E-state index in [1.807, 2.05) is 0 Å². The first kappa shape index (κ1) is 14.0. The van der Waals surface area contributed by atoms with Crippen LogP contribution in [0.1, 0.15) is 10.4 Å². The Morgan fingerprint density at radius 1 is 1.27 bits per heavy atom. The number of hydrogen-bond donors (Lipinski definition) is 2. The third kappa shape index (κ3) is 3.58. The zero-order valence-corrected chi connectivity index (χ0v) is 9.73. The molecule has 0 saturated heterocycles. The summed E-state index contributed by atoms with van der Waals surface area (Å²) < 4.78 is 0. The minimum atomic E-state index is -0.613. The van der Waals surface area contributed by atoms with E-state index in [2.05, 4.69) is 4.99 Å². The molecule has 0 aliphatic carbocycles. The zero-order chi connectivity index (χ0) is 10.7. The number of nitrogens with two attached hydrogens (primary N) is 2. The van der Waals surface area contributed by atoms with Crippen LogP contribution in [-0.2, 0) is 0 Å². The van der Waals surface area contributed by atoms with Gasteiger partial charge in [-0.2, -0.15) is 4.99 Å². The van der Waals surface area contributed by atoms with E-state index in [4.69, 9.17) is 34.7 Å². The Kier molecular flexibility index (Phi) is 5.43. The lowest BCUT2D eigenvalue weighted by atomic mass is 10.2. The number of amides is 1. The minimum Gasteiger partial charge on any atom is -0.370 e. The van der Waals surface area contributed by atoms with Crippen molar-refractivity contribution in [3.63, 3.8) is 0 Å². The van der Waals surface area contributed by atoms with Gasteiger partial charge in [0, 0.05) is 0 Å².